The van der Waals surface area contributed by atoms with Crippen molar-refractivity contribution in [3.63, 3.8) is 0 Å². The first-order valence-corrected chi connectivity index (χ1v) is 5.40. The lowest BCUT2D eigenvalue weighted by Crippen LogP contribution is -2.59. The Morgan fingerprint density at radius 1 is 1.29 bits per heavy atom. The van der Waals surface area contributed by atoms with E-state index in [-0.39, 0.29) is 31.3 Å². The molecule has 0 radical (unpaired) electrons. The topological polar surface area (TPSA) is 95.6 Å². The summed E-state index contributed by atoms with van der Waals surface area (Å²) in [6, 6.07) is -0.670. The van der Waals surface area contributed by atoms with Gasteiger partial charge in [0.25, 0.3) is 0 Å². The molecular formula is C10H13N3O4. The molecule has 0 aromatic rings. The summed E-state index contributed by atoms with van der Waals surface area (Å²) in [4.78, 5) is 46.9. The van der Waals surface area contributed by atoms with Crippen molar-refractivity contribution in [2.75, 3.05) is 13.1 Å². The second kappa shape index (κ2) is 4.15. The second-order valence-electron chi connectivity index (χ2n) is 4.26. The van der Waals surface area contributed by atoms with Crippen LogP contribution in [0.5, 0.6) is 0 Å². The van der Waals surface area contributed by atoms with Gasteiger partial charge in [-0.2, -0.15) is 0 Å². The van der Waals surface area contributed by atoms with Gasteiger partial charge in [0.05, 0.1) is 5.92 Å². The summed E-state index contributed by atoms with van der Waals surface area (Å²) in [5, 5.41) is 4.71. The van der Waals surface area contributed by atoms with E-state index in [1.54, 1.807) is 6.92 Å². The Morgan fingerprint density at radius 2 is 2.00 bits per heavy atom. The Hall–Kier alpha value is -1.92. The average Bonchev–Trinajstić information content (AvgIpc) is 2.69. The van der Waals surface area contributed by atoms with Crippen LogP contribution in [0, 0.1) is 5.92 Å². The number of piperazine rings is 1. The number of nitrogens with zero attached hydrogens (tertiary/aromatic N) is 1. The molecule has 2 N–H and O–H groups in total. The highest BCUT2D eigenvalue weighted by molar-refractivity contribution is 6.04. The van der Waals surface area contributed by atoms with E-state index in [1.807, 2.05) is 0 Å². The summed E-state index contributed by atoms with van der Waals surface area (Å²) in [7, 11) is 0. The Balaban J connectivity index is 2.10. The van der Waals surface area contributed by atoms with Gasteiger partial charge in [-0.05, 0) is 6.92 Å². The minimum atomic E-state index is -0.670. The maximum absolute atomic E-state index is 12.0. The second-order valence-corrected chi connectivity index (χ2v) is 4.26. The van der Waals surface area contributed by atoms with Gasteiger partial charge < -0.3 is 10.2 Å². The maximum Gasteiger partial charge on any atom is 0.249 e. The molecule has 7 nitrogen and oxygen atoms in total. The molecule has 2 rings (SSSR count). The summed E-state index contributed by atoms with van der Waals surface area (Å²) in [5.74, 6) is -1.93. The number of imide groups is 1. The van der Waals surface area contributed by atoms with Crippen LogP contribution in [0.2, 0.25) is 0 Å². The highest BCUT2D eigenvalue weighted by Gasteiger charge is 2.38. The van der Waals surface area contributed by atoms with E-state index >= 15 is 0 Å². The largest absolute Gasteiger partial charge is 0.355 e. The average molecular weight is 239 g/mol. The lowest BCUT2D eigenvalue weighted by molar-refractivity contribution is -0.151. The van der Waals surface area contributed by atoms with Crippen molar-refractivity contribution in [1.82, 2.24) is 15.5 Å². The van der Waals surface area contributed by atoms with E-state index in [9.17, 15) is 19.2 Å². The van der Waals surface area contributed by atoms with Crippen molar-refractivity contribution in [2.45, 2.75) is 19.4 Å². The smallest absolute Gasteiger partial charge is 0.249 e. The van der Waals surface area contributed by atoms with E-state index < -0.39 is 23.8 Å². The van der Waals surface area contributed by atoms with Gasteiger partial charge in [-0.1, -0.05) is 0 Å². The van der Waals surface area contributed by atoms with Crippen LogP contribution in [-0.2, 0) is 19.2 Å². The Morgan fingerprint density at radius 3 is 2.59 bits per heavy atom. The molecule has 2 saturated heterocycles. The van der Waals surface area contributed by atoms with E-state index in [4.69, 9.17) is 0 Å². The fourth-order valence-electron chi connectivity index (χ4n) is 2.00. The molecule has 2 heterocycles. The zero-order chi connectivity index (χ0) is 12.6. The molecular weight excluding hydrogens is 226 g/mol. The van der Waals surface area contributed by atoms with Crippen LogP contribution in [0.1, 0.15) is 13.3 Å². The third-order valence-electron chi connectivity index (χ3n) is 3.03. The van der Waals surface area contributed by atoms with Gasteiger partial charge in [0.2, 0.25) is 23.6 Å². The SMILES string of the molecule is CC1C(=O)NC(=O)CN1C(=O)C1CNC(=O)C1. The van der Waals surface area contributed by atoms with E-state index in [0.29, 0.717) is 0 Å². The van der Waals surface area contributed by atoms with Crippen molar-refractivity contribution in [2.24, 2.45) is 5.92 Å². The lowest BCUT2D eigenvalue weighted by Gasteiger charge is -2.33. The molecule has 0 aliphatic carbocycles. The van der Waals surface area contributed by atoms with Crippen LogP contribution in [0.4, 0.5) is 0 Å². The quantitative estimate of drug-likeness (QED) is 0.517. The van der Waals surface area contributed by atoms with Crippen LogP contribution in [0.15, 0.2) is 0 Å². The molecule has 7 heteroatoms. The van der Waals surface area contributed by atoms with E-state index in [2.05, 4.69) is 10.6 Å². The van der Waals surface area contributed by atoms with Crippen LogP contribution in [-0.4, -0.2) is 47.7 Å². The van der Waals surface area contributed by atoms with Crippen molar-refractivity contribution < 1.29 is 19.2 Å². The number of carbonyl (C=O) groups excluding carboxylic acids is 4. The summed E-state index contributed by atoms with van der Waals surface area (Å²) >= 11 is 0. The van der Waals surface area contributed by atoms with Gasteiger partial charge in [-0.3, -0.25) is 24.5 Å². The third-order valence-corrected chi connectivity index (χ3v) is 3.03. The number of hydrogen-bond acceptors (Lipinski definition) is 4. The number of hydrogen-bond donors (Lipinski definition) is 2. The van der Waals surface area contributed by atoms with Gasteiger partial charge >= 0.3 is 0 Å². The molecule has 2 unspecified atom stereocenters. The molecule has 0 spiro atoms. The molecule has 0 saturated carbocycles. The maximum atomic E-state index is 12.0. The zero-order valence-corrected chi connectivity index (χ0v) is 9.36. The fraction of sp³-hybridized carbons (Fsp3) is 0.600. The van der Waals surface area contributed by atoms with E-state index in [1.165, 1.54) is 4.90 Å². The molecule has 0 bridgehead atoms. The first-order valence-electron chi connectivity index (χ1n) is 5.40. The van der Waals surface area contributed by atoms with Crippen LogP contribution < -0.4 is 10.6 Å². The fourth-order valence-corrected chi connectivity index (χ4v) is 2.00. The van der Waals surface area contributed by atoms with Gasteiger partial charge in [0, 0.05) is 13.0 Å². The molecule has 2 atom stereocenters. The predicted molar refractivity (Wildman–Crippen MR) is 55.4 cm³/mol. The minimum Gasteiger partial charge on any atom is -0.355 e. The van der Waals surface area contributed by atoms with Gasteiger partial charge in [-0.25, -0.2) is 0 Å². The predicted octanol–water partition coefficient (Wildman–Crippen LogP) is -2.00. The highest BCUT2D eigenvalue weighted by Crippen LogP contribution is 2.16. The molecule has 92 valence electrons. The first-order chi connectivity index (χ1) is 7.99. The molecule has 2 aliphatic heterocycles. The van der Waals surface area contributed by atoms with Gasteiger partial charge in [0.15, 0.2) is 0 Å². The van der Waals surface area contributed by atoms with Crippen LogP contribution >= 0.6 is 0 Å². The Labute approximate surface area is 97.5 Å². The summed E-state index contributed by atoms with van der Waals surface area (Å²) < 4.78 is 0. The molecule has 17 heavy (non-hydrogen) atoms. The van der Waals surface area contributed by atoms with Crippen molar-refractivity contribution in [3.8, 4) is 0 Å². The molecule has 0 aromatic heterocycles. The summed E-state index contributed by atoms with van der Waals surface area (Å²) in [6.45, 7) is 1.71. The number of carbonyl (C=O) groups is 4. The van der Waals surface area contributed by atoms with Crippen LogP contribution in [0.3, 0.4) is 0 Å². The summed E-state index contributed by atoms with van der Waals surface area (Å²) in [6.07, 6.45) is 0.123. The normalized spacial score (nSPS) is 29.0. The standard InChI is InChI=1S/C10H13N3O4/c1-5-9(16)12-8(15)4-13(5)10(17)6-2-7(14)11-3-6/h5-6H,2-4H2,1H3,(H,11,14)(H,12,15,16). The monoisotopic (exact) mass is 239 g/mol. The van der Waals surface area contributed by atoms with E-state index in [0.717, 1.165) is 0 Å². The molecule has 2 fully saturated rings. The first kappa shape index (κ1) is 11.6. The minimum absolute atomic E-state index is 0.123. The Kier molecular flexibility index (Phi) is 2.83. The summed E-state index contributed by atoms with van der Waals surface area (Å²) in [5.41, 5.74) is 0. The van der Waals surface area contributed by atoms with Gasteiger partial charge in [0.1, 0.15) is 12.6 Å². The highest BCUT2D eigenvalue weighted by atomic mass is 16.2. The zero-order valence-electron chi connectivity index (χ0n) is 9.36. The van der Waals surface area contributed by atoms with Crippen molar-refractivity contribution >= 4 is 23.6 Å². The molecule has 2 aliphatic rings. The lowest BCUT2D eigenvalue weighted by atomic mass is 10.0. The van der Waals surface area contributed by atoms with Gasteiger partial charge in [-0.15, -0.1) is 0 Å². The third kappa shape index (κ3) is 2.13. The Bertz CT molecular complexity index is 406. The van der Waals surface area contributed by atoms with Crippen molar-refractivity contribution in [1.29, 1.82) is 0 Å². The van der Waals surface area contributed by atoms with Crippen LogP contribution in [0.25, 0.3) is 0 Å². The number of rotatable bonds is 1. The molecule has 4 amide bonds. The van der Waals surface area contributed by atoms with Crippen molar-refractivity contribution in [3.05, 3.63) is 0 Å². The molecule has 0 aromatic carbocycles. The number of nitrogens with one attached hydrogen (secondary N) is 2. The number of amides is 4.